The van der Waals surface area contributed by atoms with Gasteiger partial charge in [-0.15, -0.1) is 11.6 Å². The Kier molecular flexibility index (Phi) is 5.71. The highest BCUT2D eigenvalue weighted by atomic mass is 35.5. The molecule has 2 rings (SSSR count). The Labute approximate surface area is 124 Å². The van der Waals surface area contributed by atoms with Gasteiger partial charge in [0, 0.05) is 24.5 Å². The Morgan fingerprint density at radius 3 is 2.10 bits per heavy atom. The molecule has 4 heteroatoms. The van der Waals surface area contributed by atoms with E-state index in [-0.39, 0.29) is 5.88 Å². The molecule has 0 heterocycles. The topological polar surface area (TPSA) is 44.3 Å². The highest BCUT2D eigenvalue weighted by molar-refractivity contribution is 6.18. The summed E-state index contributed by atoms with van der Waals surface area (Å²) in [4.78, 5) is 0. The van der Waals surface area contributed by atoms with Crippen molar-refractivity contribution < 1.29 is 5.11 Å². The SMILES string of the molecule is OC(CCl)CNc1ccc(NCc2ccccc2)cc1. The minimum absolute atomic E-state index is 0.240. The molecule has 3 N–H and O–H groups in total. The van der Waals surface area contributed by atoms with E-state index in [2.05, 4.69) is 22.8 Å². The van der Waals surface area contributed by atoms with Crippen LogP contribution < -0.4 is 10.6 Å². The monoisotopic (exact) mass is 290 g/mol. The van der Waals surface area contributed by atoms with E-state index >= 15 is 0 Å². The summed E-state index contributed by atoms with van der Waals surface area (Å²) in [5.41, 5.74) is 3.29. The van der Waals surface area contributed by atoms with Crippen molar-refractivity contribution in [2.45, 2.75) is 12.6 Å². The van der Waals surface area contributed by atoms with Crippen LogP contribution in [0, 0.1) is 0 Å². The molecule has 0 saturated heterocycles. The molecule has 2 aromatic rings. The second-order valence-electron chi connectivity index (χ2n) is 4.61. The molecule has 106 valence electrons. The zero-order valence-electron chi connectivity index (χ0n) is 11.2. The van der Waals surface area contributed by atoms with Gasteiger partial charge >= 0.3 is 0 Å². The van der Waals surface area contributed by atoms with Gasteiger partial charge in [-0.3, -0.25) is 0 Å². The minimum Gasteiger partial charge on any atom is -0.390 e. The summed E-state index contributed by atoms with van der Waals surface area (Å²) in [7, 11) is 0. The van der Waals surface area contributed by atoms with E-state index in [0.717, 1.165) is 17.9 Å². The number of nitrogens with one attached hydrogen (secondary N) is 2. The quantitative estimate of drug-likeness (QED) is 0.686. The van der Waals surface area contributed by atoms with Crippen molar-refractivity contribution in [3.8, 4) is 0 Å². The smallest absolute Gasteiger partial charge is 0.0847 e. The molecule has 0 fully saturated rings. The van der Waals surface area contributed by atoms with Crippen LogP contribution in [0.5, 0.6) is 0 Å². The molecule has 0 saturated carbocycles. The highest BCUT2D eigenvalue weighted by Gasteiger charge is 2.01. The van der Waals surface area contributed by atoms with E-state index in [9.17, 15) is 5.11 Å². The number of hydrogen-bond donors (Lipinski definition) is 3. The van der Waals surface area contributed by atoms with Gasteiger partial charge in [0.05, 0.1) is 12.0 Å². The molecule has 0 aliphatic rings. The van der Waals surface area contributed by atoms with Crippen molar-refractivity contribution in [2.24, 2.45) is 0 Å². The van der Waals surface area contributed by atoms with E-state index in [0.29, 0.717) is 6.54 Å². The van der Waals surface area contributed by atoms with Gasteiger partial charge in [0.1, 0.15) is 0 Å². The van der Waals surface area contributed by atoms with Crippen LogP contribution in [0.3, 0.4) is 0 Å². The summed E-state index contributed by atoms with van der Waals surface area (Å²) in [6, 6.07) is 18.3. The van der Waals surface area contributed by atoms with Crippen LogP contribution in [-0.2, 0) is 6.54 Å². The summed E-state index contributed by atoms with van der Waals surface area (Å²) in [5, 5.41) is 15.9. The molecule has 0 amide bonds. The number of anilines is 2. The fourth-order valence-electron chi connectivity index (χ4n) is 1.80. The zero-order valence-corrected chi connectivity index (χ0v) is 12.0. The molecule has 3 nitrogen and oxygen atoms in total. The van der Waals surface area contributed by atoms with Crippen molar-refractivity contribution >= 4 is 23.0 Å². The number of halogens is 1. The number of benzene rings is 2. The van der Waals surface area contributed by atoms with Crippen molar-refractivity contribution in [1.29, 1.82) is 0 Å². The second kappa shape index (κ2) is 7.78. The summed E-state index contributed by atoms with van der Waals surface area (Å²) in [5.74, 6) is 0.240. The Hall–Kier alpha value is -1.71. The molecule has 0 aromatic heterocycles. The lowest BCUT2D eigenvalue weighted by molar-refractivity contribution is 0.211. The first-order valence-corrected chi connectivity index (χ1v) is 7.17. The highest BCUT2D eigenvalue weighted by Crippen LogP contribution is 2.14. The molecule has 20 heavy (non-hydrogen) atoms. The summed E-state index contributed by atoms with van der Waals surface area (Å²) in [6.45, 7) is 1.26. The van der Waals surface area contributed by atoms with Crippen LogP contribution in [0.4, 0.5) is 11.4 Å². The third-order valence-electron chi connectivity index (χ3n) is 2.94. The number of rotatable bonds is 7. The maximum atomic E-state index is 9.38. The zero-order chi connectivity index (χ0) is 14.2. The van der Waals surface area contributed by atoms with E-state index in [1.165, 1.54) is 5.56 Å². The van der Waals surface area contributed by atoms with Gasteiger partial charge in [0.2, 0.25) is 0 Å². The lowest BCUT2D eigenvalue weighted by atomic mass is 10.2. The van der Waals surface area contributed by atoms with Crippen LogP contribution in [0.25, 0.3) is 0 Å². The fourth-order valence-corrected chi connectivity index (χ4v) is 1.91. The lowest BCUT2D eigenvalue weighted by Gasteiger charge is -2.11. The molecule has 0 aliphatic heterocycles. The van der Waals surface area contributed by atoms with Crippen molar-refractivity contribution in [2.75, 3.05) is 23.1 Å². The van der Waals surface area contributed by atoms with Crippen LogP contribution in [0.2, 0.25) is 0 Å². The van der Waals surface area contributed by atoms with Gasteiger partial charge in [-0.05, 0) is 29.8 Å². The van der Waals surface area contributed by atoms with Crippen LogP contribution >= 0.6 is 11.6 Å². The molecule has 1 unspecified atom stereocenters. The summed E-state index contributed by atoms with van der Waals surface area (Å²) >= 11 is 5.54. The number of hydrogen-bond acceptors (Lipinski definition) is 3. The number of aliphatic hydroxyl groups is 1. The number of aliphatic hydroxyl groups excluding tert-OH is 1. The molecular formula is C16H19ClN2O. The predicted molar refractivity (Wildman–Crippen MR) is 85.4 cm³/mol. The van der Waals surface area contributed by atoms with Crippen molar-refractivity contribution in [3.63, 3.8) is 0 Å². The van der Waals surface area contributed by atoms with Gasteiger partial charge in [-0.2, -0.15) is 0 Å². The summed E-state index contributed by atoms with van der Waals surface area (Å²) < 4.78 is 0. The first kappa shape index (κ1) is 14.7. The molecule has 0 bridgehead atoms. The first-order valence-electron chi connectivity index (χ1n) is 6.63. The Balaban J connectivity index is 1.82. The fraction of sp³-hybridized carbons (Fsp3) is 0.250. The maximum absolute atomic E-state index is 9.38. The number of alkyl halides is 1. The third-order valence-corrected chi connectivity index (χ3v) is 3.30. The van der Waals surface area contributed by atoms with Crippen LogP contribution in [0.15, 0.2) is 54.6 Å². The Morgan fingerprint density at radius 2 is 1.50 bits per heavy atom. The van der Waals surface area contributed by atoms with E-state index < -0.39 is 6.10 Å². The third kappa shape index (κ3) is 4.76. The van der Waals surface area contributed by atoms with E-state index in [4.69, 9.17) is 11.6 Å². The molecule has 0 aliphatic carbocycles. The predicted octanol–water partition coefficient (Wildman–Crippen LogP) is 3.31. The Bertz CT molecular complexity index is 502. The van der Waals surface area contributed by atoms with Crippen molar-refractivity contribution in [1.82, 2.24) is 0 Å². The average molecular weight is 291 g/mol. The van der Waals surface area contributed by atoms with Gasteiger partial charge in [-0.1, -0.05) is 30.3 Å². The maximum Gasteiger partial charge on any atom is 0.0847 e. The van der Waals surface area contributed by atoms with Crippen LogP contribution in [0.1, 0.15) is 5.56 Å². The average Bonchev–Trinajstić information content (AvgIpc) is 2.52. The van der Waals surface area contributed by atoms with Gasteiger partial charge in [0.25, 0.3) is 0 Å². The molecular weight excluding hydrogens is 272 g/mol. The largest absolute Gasteiger partial charge is 0.390 e. The molecule has 0 spiro atoms. The van der Waals surface area contributed by atoms with Crippen LogP contribution in [-0.4, -0.2) is 23.6 Å². The lowest BCUT2D eigenvalue weighted by Crippen LogP contribution is -2.20. The minimum atomic E-state index is -0.521. The van der Waals surface area contributed by atoms with Gasteiger partial charge in [-0.25, -0.2) is 0 Å². The summed E-state index contributed by atoms with van der Waals surface area (Å²) in [6.07, 6.45) is -0.521. The van der Waals surface area contributed by atoms with E-state index in [1.54, 1.807) is 0 Å². The standard InChI is InChI=1S/C16H19ClN2O/c17-10-16(20)12-19-15-8-6-14(7-9-15)18-11-13-4-2-1-3-5-13/h1-9,16,18-20H,10-12H2. The molecule has 1 atom stereocenters. The molecule has 2 aromatic carbocycles. The second-order valence-corrected chi connectivity index (χ2v) is 4.91. The Morgan fingerprint density at radius 1 is 0.900 bits per heavy atom. The van der Waals surface area contributed by atoms with Gasteiger partial charge in [0.15, 0.2) is 0 Å². The normalized spacial score (nSPS) is 11.9. The van der Waals surface area contributed by atoms with Gasteiger partial charge < -0.3 is 15.7 Å². The van der Waals surface area contributed by atoms with E-state index in [1.807, 2.05) is 42.5 Å². The first-order chi connectivity index (χ1) is 9.78. The van der Waals surface area contributed by atoms with Crippen molar-refractivity contribution in [3.05, 3.63) is 60.2 Å². The molecule has 0 radical (unpaired) electrons.